The lowest BCUT2D eigenvalue weighted by Gasteiger charge is -2.26. The average Bonchev–Trinajstić information content (AvgIpc) is 2.88. The lowest BCUT2D eigenvalue weighted by molar-refractivity contribution is 0.437. The lowest BCUT2D eigenvalue weighted by atomic mass is 10.2. The minimum Gasteiger partial charge on any atom is -0.361 e. The highest BCUT2D eigenvalue weighted by molar-refractivity contribution is 8.22. The minimum absolute atomic E-state index is 0.283. The Morgan fingerprint density at radius 3 is 1.68 bits per heavy atom. The van der Waals surface area contributed by atoms with Crippen LogP contribution in [-0.2, 0) is 23.2 Å². The van der Waals surface area contributed by atoms with Crippen molar-refractivity contribution in [3.05, 3.63) is 71.8 Å². The maximum absolute atomic E-state index is 11.0. The summed E-state index contributed by atoms with van der Waals surface area (Å²) in [7, 11) is -3.97. The predicted octanol–water partition coefficient (Wildman–Crippen LogP) is 2.91. The Labute approximate surface area is 240 Å². The van der Waals surface area contributed by atoms with E-state index in [-0.39, 0.29) is 5.75 Å². The van der Waals surface area contributed by atoms with Gasteiger partial charge < -0.3 is 26.2 Å². The van der Waals surface area contributed by atoms with E-state index in [1.165, 1.54) is 11.8 Å². The molecule has 2 aromatic rings. The Hall–Kier alpha value is -2.03. The van der Waals surface area contributed by atoms with Crippen molar-refractivity contribution in [2.45, 2.75) is 19.5 Å². The monoisotopic (exact) mass is 599 g/mol. The molecule has 0 aliphatic rings. The quantitative estimate of drug-likeness (QED) is 0.125. The van der Waals surface area contributed by atoms with Crippen molar-refractivity contribution < 1.29 is 13.0 Å². The van der Waals surface area contributed by atoms with Crippen LogP contribution in [0.5, 0.6) is 0 Å². The number of thioether (sulfide) groups is 1. The Morgan fingerprint density at radius 2 is 1.24 bits per heavy atom. The summed E-state index contributed by atoms with van der Waals surface area (Å²) >= 11 is 17.8. The highest BCUT2D eigenvalue weighted by atomic mass is 32.2. The van der Waals surface area contributed by atoms with E-state index in [0.29, 0.717) is 66.0 Å². The number of rotatable bonds is 14. The van der Waals surface area contributed by atoms with Crippen LogP contribution in [0.2, 0.25) is 0 Å². The van der Waals surface area contributed by atoms with Gasteiger partial charge in [0.1, 0.15) is 4.32 Å². The lowest BCUT2D eigenvalue weighted by Crippen LogP contribution is -2.44. The molecule has 0 amide bonds. The molecule has 0 aliphatic heterocycles. The summed E-state index contributed by atoms with van der Waals surface area (Å²) < 4.78 is 31.5. The summed E-state index contributed by atoms with van der Waals surface area (Å²) in [5.74, 6) is 0.207. The first-order valence-electron chi connectivity index (χ1n) is 11.7. The summed E-state index contributed by atoms with van der Waals surface area (Å²) in [6.45, 7) is 3.62. The van der Waals surface area contributed by atoms with Crippen molar-refractivity contribution in [2.75, 3.05) is 37.7 Å². The van der Waals surface area contributed by atoms with Gasteiger partial charge in [-0.3, -0.25) is 4.55 Å². The molecule has 0 saturated heterocycles. The van der Waals surface area contributed by atoms with Crippen molar-refractivity contribution in [1.82, 2.24) is 26.2 Å². The maximum Gasteiger partial charge on any atom is 0.264 e. The fraction of sp³-hybridized carbons (Fsp3) is 0.375. The maximum atomic E-state index is 11.0. The molecule has 8 nitrogen and oxygen atoms in total. The molecule has 0 unspecified atom stereocenters. The van der Waals surface area contributed by atoms with Gasteiger partial charge in [0.2, 0.25) is 0 Å². The molecule has 0 aromatic heterocycles. The molecule has 0 radical (unpaired) electrons. The van der Waals surface area contributed by atoms with Crippen LogP contribution in [0, 0.1) is 0 Å². The third-order valence-corrected chi connectivity index (χ3v) is 7.95. The summed E-state index contributed by atoms with van der Waals surface area (Å²) in [4.78, 5) is 2.02. The Bertz CT molecular complexity index is 1030. The predicted molar refractivity (Wildman–Crippen MR) is 165 cm³/mol. The van der Waals surface area contributed by atoms with E-state index in [9.17, 15) is 8.42 Å². The second-order valence-corrected chi connectivity index (χ2v) is 12.0. The van der Waals surface area contributed by atoms with Gasteiger partial charge in [-0.25, -0.2) is 0 Å². The number of hydrogen-bond donors (Lipinski definition) is 5. The minimum atomic E-state index is -3.97. The van der Waals surface area contributed by atoms with Crippen LogP contribution in [0.3, 0.4) is 0 Å². The number of thiocarbonyl (C=S) groups is 3. The van der Waals surface area contributed by atoms with E-state index in [2.05, 4.69) is 21.3 Å². The van der Waals surface area contributed by atoms with Gasteiger partial charge in [0.05, 0.1) is 5.75 Å². The smallest absolute Gasteiger partial charge is 0.264 e. The molecule has 202 valence electrons. The molecule has 0 spiro atoms. The van der Waals surface area contributed by atoms with Crippen LogP contribution in [0.25, 0.3) is 0 Å². The number of nitrogens with zero attached hydrogens (tertiary/aromatic N) is 1. The van der Waals surface area contributed by atoms with Crippen LogP contribution in [0.4, 0.5) is 0 Å². The first-order chi connectivity index (χ1) is 17.7. The summed E-state index contributed by atoms with van der Waals surface area (Å²) in [5, 5.41) is 13.9. The zero-order chi connectivity index (χ0) is 26.9. The molecular formula is C24H33N5O3S5. The summed E-state index contributed by atoms with van der Waals surface area (Å²) in [5.41, 5.74) is 2.28. The second-order valence-electron chi connectivity index (χ2n) is 7.93. The molecule has 13 heteroatoms. The van der Waals surface area contributed by atoms with Crippen molar-refractivity contribution in [3.8, 4) is 0 Å². The van der Waals surface area contributed by atoms with Crippen LogP contribution in [0.15, 0.2) is 60.7 Å². The van der Waals surface area contributed by atoms with E-state index in [0.717, 1.165) is 11.1 Å². The average molecular weight is 600 g/mol. The first-order valence-corrected chi connectivity index (χ1v) is 15.5. The third-order valence-electron chi connectivity index (χ3n) is 4.96. The van der Waals surface area contributed by atoms with E-state index in [1.807, 2.05) is 65.6 Å². The van der Waals surface area contributed by atoms with Gasteiger partial charge in [-0.2, -0.15) is 8.42 Å². The first kappa shape index (κ1) is 31.2. The highest BCUT2D eigenvalue weighted by Gasteiger charge is 2.12. The van der Waals surface area contributed by atoms with Crippen molar-refractivity contribution >= 4 is 73.1 Å². The van der Waals surface area contributed by atoms with E-state index < -0.39 is 10.1 Å². The normalized spacial score (nSPS) is 10.8. The molecule has 37 heavy (non-hydrogen) atoms. The Balaban J connectivity index is 1.77. The standard InChI is InChI=1S/C24H33N5O3S5/c30-37(31,32)17-7-16-36-24(35)29(14-12-25-22(33)27-18-20-8-3-1-4-9-20)15-13-26-23(34)28-19-21-10-5-2-6-11-21/h1-6,8-11H,7,12-19H2,(H2,25,27,33)(H2,26,28,34)(H,30,31,32). The molecule has 0 atom stereocenters. The van der Waals surface area contributed by atoms with Crippen LogP contribution >= 0.6 is 48.4 Å². The van der Waals surface area contributed by atoms with E-state index in [4.69, 9.17) is 41.2 Å². The topological polar surface area (TPSA) is 106 Å². The molecule has 2 aromatic carbocycles. The van der Waals surface area contributed by atoms with Gasteiger partial charge in [0, 0.05) is 45.0 Å². The molecular weight excluding hydrogens is 567 g/mol. The highest BCUT2D eigenvalue weighted by Crippen LogP contribution is 2.11. The second kappa shape index (κ2) is 17.5. The van der Waals surface area contributed by atoms with Crippen LogP contribution < -0.4 is 21.3 Å². The fourth-order valence-electron chi connectivity index (χ4n) is 3.08. The van der Waals surface area contributed by atoms with Crippen molar-refractivity contribution in [2.24, 2.45) is 0 Å². The largest absolute Gasteiger partial charge is 0.361 e. The molecule has 5 N–H and O–H groups in total. The number of benzene rings is 2. The van der Waals surface area contributed by atoms with Gasteiger partial charge in [0.15, 0.2) is 10.2 Å². The molecule has 0 fully saturated rings. The number of hydrogen-bond acceptors (Lipinski definition) is 6. The van der Waals surface area contributed by atoms with Gasteiger partial charge in [-0.1, -0.05) is 84.6 Å². The zero-order valence-electron chi connectivity index (χ0n) is 20.4. The Morgan fingerprint density at radius 1 is 0.784 bits per heavy atom. The van der Waals surface area contributed by atoms with Crippen LogP contribution in [-0.4, -0.2) is 70.1 Å². The van der Waals surface area contributed by atoms with Gasteiger partial charge in [-0.15, -0.1) is 0 Å². The van der Waals surface area contributed by atoms with Gasteiger partial charge >= 0.3 is 0 Å². The third kappa shape index (κ3) is 15.1. The molecule has 0 saturated carbocycles. The van der Waals surface area contributed by atoms with Crippen molar-refractivity contribution in [1.29, 1.82) is 0 Å². The molecule has 0 aliphatic carbocycles. The summed E-state index contributed by atoms with van der Waals surface area (Å²) in [6.07, 6.45) is 0.314. The summed E-state index contributed by atoms with van der Waals surface area (Å²) in [6, 6.07) is 20.0. The fourth-order valence-corrected chi connectivity index (χ4v) is 5.38. The molecule has 0 bridgehead atoms. The van der Waals surface area contributed by atoms with Gasteiger partial charge in [-0.05, 0) is 42.0 Å². The van der Waals surface area contributed by atoms with Crippen LogP contribution in [0.1, 0.15) is 17.5 Å². The molecule has 2 rings (SSSR count). The van der Waals surface area contributed by atoms with E-state index >= 15 is 0 Å². The number of nitrogens with one attached hydrogen (secondary N) is 4. The molecule has 0 heterocycles. The van der Waals surface area contributed by atoms with Crippen molar-refractivity contribution in [3.63, 3.8) is 0 Å². The SMILES string of the molecule is O=S(=O)(O)CCCSC(=S)N(CCNC(=S)NCc1ccccc1)CCNC(=S)NCc1ccccc1. The Kier molecular flexibility index (Phi) is 14.7. The zero-order valence-corrected chi connectivity index (χ0v) is 24.5. The van der Waals surface area contributed by atoms with E-state index in [1.54, 1.807) is 0 Å². The van der Waals surface area contributed by atoms with Gasteiger partial charge in [0.25, 0.3) is 10.1 Å².